The molecule has 3 nitrogen and oxygen atoms in total. The van der Waals surface area contributed by atoms with E-state index in [1.54, 1.807) is 6.07 Å². The molecule has 1 heterocycles. The minimum atomic E-state index is -0.358. The number of hydrogen-bond donors (Lipinski definition) is 0. The van der Waals surface area contributed by atoms with Crippen molar-refractivity contribution < 1.29 is 9.13 Å². The molecule has 3 rings (SSSR count). The van der Waals surface area contributed by atoms with Gasteiger partial charge in [0.1, 0.15) is 22.9 Å². The van der Waals surface area contributed by atoms with Gasteiger partial charge in [-0.1, -0.05) is 23.7 Å². The van der Waals surface area contributed by atoms with Crippen molar-refractivity contribution in [3.63, 3.8) is 0 Å². The maximum atomic E-state index is 13.8. The van der Waals surface area contributed by atoms with Crippen LogP contribution in [-0.2, 0) is 6.42 Å². The normalized spacial score (nSPS) is 10.8. The quantitative estimate of drug-likeness (QED) is 0.733. The SMILES string of the molecule is COc1ccc(F)c2cnc(Cc3ccc(Cl)cc3)nc12. The number of halogens is 2. The molecule has 0 atom stereocenters. The third-order valence-corrected chi connectivity index (χ3v) is 3.46. The van der Waals surface area contributed by atoms with E-state index in [0.29, 0.717) is 33.9 Å². The summed E-state index contributed by atoms with van der Waals surface area (Å²) < 4.78 is 19.0. The van der Waals surface area contributed by atoms with Gasteiger partial charge in [0.15, 0.2) is 0 Å². The summed E-state index contributed by atoms with van der Waals surface area (Å²) in [6.45, 7) is 0. The second-order valence-corrected chi connectivity index (χ2v) is 5.04. The Hall–Kier alpha value is -2.20. The molecule has 0 amide bonds. The van der Waals surface area contributed by atoms with E-state index in [1.165, 1.54) is 19.4 Å². The summed E-state index contributed by atoms with van der Waals surface area (Å²) in [7, 11) is 1.54. The largest absolute Gasteiger partial charge is 0.494 e. The van der Waals surface area contributed by atoms with Gasteiger partial charge in [0.25, 0.3) is 0 Å². The van der Waals surface area contributed by atoms with Crippen molar-refractivity contribution >= 4 is 22.5 Å². The first-order chi connectivity index (χ1) is 10.2. The lowest BCUT2D eigenvalue weighted by atomic mass is 10.1. The Labute approximate surface area is 126 Å². The number of aromatic nitrogens is 2. The van der Waals surface area contributed by atoms with Gasteiger partial charge in [-0.15, -0.1) is 0 Å². The monoisotopic (exact) mass is 302 g/mol. The Kier molecular flexibility index (Phi) is 3.71. The van der Waals surface area contributed by atoms with E-state index >= 15 is 0 Å². The molecule has 0 saturated heterocycles. The van der Waals surface area contributed by atoms with Crippen molar-refractivity contribution in [2.75, 3.05) is 7.11 Å². The van der Waals surface area contributed by atoms with Crippen molar-refractivity contribution in [2.24, 2.45) is 0 Å². The van der Waals surface area contributed by atoms with E-state index in [2.05, 4.69) is 9.97 Å². The number of fused-ring (bicyclic) bond motifs is 1. The van der Waals surface area contributed by atoms with Crippen LogP contribution < -0.4 is 4.74 Å². The zero-order valence-corrected chi connectivity index (χ0v) is 12.1. The van der Waals surface area contributed by atoms with Gasteiger partial charge >= 0.3 is 0 Å². The fraction of sp³-hybridized carbons (Fsp3) is 0.125. The van der Waals surface area contributed by atoms with E-state index in [-0.39, 0.29) is 5.82 Å². The maximum absolute atomic E-state index is 13.8. The standard InChI is InChI=1S/C16H12ClFN2O/c1-21-14-7-6-13(18)12-9-19-15(20-16(12)14)8-10-2-4-11(17)5-3-10/h2-7,9H,8H2,1H3. The molecule has 0 saturated carbocycles. The molecule has 106 valence electrons. The van der Waals surface area contributed by atoms with Gasteiger partial charge in [-0.25, -0.2) is 14.4 Å². The number of methoxy groups -OCH3 is 1. The van der Waals surface area contributed by atoms with E-state index in [1.807, 2.05) is 24.3 Å². The van der Waals surface area contributed by atoms with Gasteiger partial charge in [0, 0.05) is 17.6 Å². The first kappa shape index (κ1) is 13.8. The molecule has 0 radical (unpaired) electrons. The van der Waals surface area contributed by atoms with E-state index in [4.69, 9.17) is 16.3 Å². The first-order valence-corrected chi connectivity index (χ1v) is 6.78. The van der Waals surface area contributed by atoms with E-state index in [0.717, 1.165) is 5.56 Å². The zero-order chi connectivity index (χ0) is 14.8. The average molecular weight is 303 g/mol. The topological polar surface area (TPSA) is 35.0 Å². The van der Waals surface area contributed by atoms with Crippen LogP contribution in [0.25, 0.3) is 10.9 Å². The molecular formula is C16H12ClFN2O. The fourth-order valence-electron chi connectivity index (χ4n) is 2.13. The van der Waals surface area contributed by atoms with Gasteiger partial charge in [-0.05, 0) is 29.8 Å². The van der Waals surface area contributed by atoms with E-state index in [9.17, 15) is 4.39 Å². The fourth-order valence-corrected chi connectivity index (χ4v) is 2.26. The van der Waals surface area contributed by atoms with Gasteiger partial charge < -0.3 is 4.74 Å². The number of ether oxygens (including phenoxy) is 1. The summed E-state index contributed by atoms with van der Waals surface area (Å²) in [5, 5.41) is 1.04. The molecule has 0 aliphatic carbocycles. The Morgan fingerprint density at radius 2 is 1.90 bits per heavy atom. The smallest absolute Gasteiger partial charge is 0.145 e. The van der Waals surface area contributed by atoms with Crippen LogP contribution in [0.5, 0.6) is 5.75 Å². The third kappa shape index (κ3) is 2.81. The Bertz CT molecular complexity index is 790. The molecular weight excluding hydrogens is 291 g/mol. The van der Waals surface area contributed by atoms with Crippen molar-refractivity contribution in [3.8, 4) is 5.75 Å². The molecule has 0 N–H and O–H groups in total. The van der Waals surface area contributed by atoms with Crippen molar-refractivity contribution in [1.29, 1.82) is 0 Å². The van der Waals surface area contributed by atoms with Crippen LogP contribution in [-0.4, -0.2) is 17.1 Å². The Morgan fingerprint density at radius 1 is 1.14 bits per heavy atom. The molecule has 5 heteroatoms. The summed E-state index contributed by atoms with van der Waals surface area (Å²) in [6, 6.07) is 10.4. The molecule has 0 fully saturated rings. The predicted octanol–water partition coefficient (Wildman–Crippen LogP) is 4.02. The molecule has 0 bridgehead atoms. The summed E-state index contributed by atoms with van der Waals surface area (Å²) in [4.78, 5) is 8.64. The molecule has 0 spiro atoms. The highest BCUT2D eigenvalue weighted by Crippen LogP contribution is 2.25. The Balaban J connectivity index is 2.02. The second-order valence-electron chi connectivity index (χ2n) is 4.60. The predicted molar refractivity (Wildman–Crippen MR) is 80.3 cm³/mol. The van der Waals surface area contributed by atoms with Gasteiger partial charge in [-0.2, -0.15) is 0 Å². The number of nitrogens with zero attached hydrogens (tertiary/aromatic N) is 2. The van der Waals surface area contributed by atoms with Gasteiger partial charge in [0.05, 0.1) is 12.5 Å². The van der Waals surface area contributed by atoms with Gasteiger partial charge in [-0.3, -0.25) is 0 Å². The van der Waals surface area contributed by atoms with Crippen molar-refractivity contribution in [2.45, 2.75) is 6.42 Å². The van der Waals surface area contributed by atoms with Crippen LogP contribution in [0.2, 0.25) is 5.02 Å². The molecule has 0 aliphatic heterocycles. The highest BCUT2D eigenvalue weighted by molar-refractivity contribution is 6.30. The molecule has 21 heavy (non-hydrogen) atoms. The number of rotatable bonds is 3. The Morgan fingerprint density at radius 3 is 2.62 bits per heavy atom. The summed E-state index contributed by atoms with van der Waals surface area (Å²) in [6.07, 6.45) is 2.04. The van der Waals surface area contributed by atoms with Crippen LogP contribution in [0.15, 0.2) is 42.6 Å². The lowest BCUT2D eigenvalue weighted by Crippen LogP contribution is -1.99. The molecule has 0 unspecified atom stereocenters. The number of benzene rings is 2. The summed E-state index contributed by atoms with van der Waals surface area (Å²) in [5.41, 5.74) is 1.52. The van der Waals surface area contributed by atoms with Crippen LogP contribution in [0.3, 0.4) is 0 Å². The van der Waals surface area contributed by atoms with Crippen LogP contribution in [0, 0.1) is 5.82 Å². The third-order valence-electron chi connectivity index (χ3n) is 3.21. The lowest BCUT2D eigenvalue weighted by Gasteiger charge is -2.07. The maximum Gasteiger partial charge on any atom is 0.145 e. The first-order valence-electron chi connectivity index (χ1n) is 6.40. The second kappa shape index (κ2) is 5.66. The summed E-state index contributed by atoms with van der Waals surface area (Å²) >= 11 is 5.86. The zero-order valence-electron chi connectivity index (χ0n) is 11.3. The number of hydrogen-bond acceptors (Lipinski definition) is 3. The molecule has 1 aromatic heterocycles. The molecule has 3 aromatic rings. The average Bonchev–Trinajstić information content (AvgIpc) is 2.50. The molecule has 0 aliphatic rings. The van der Waals surface area contributed by atoms with Gasteiger partial charge in [0.2, 0.25) is 0 Å². The highest BCUT2D eigenvalue weighted by atomic mass is 35.5. The van der Waals surface area contributed by atoms with Crippen LogP contribution >= 0.6 is 11.6 Å². The molecule has 2 aromatic carbocycles. The lowest BCUT2D eigenvalue weighted by molar-refractivity contribution is 0.418. The van der Waals surface area contributed by atoms with Crippen molar-refractivity contribution in [1.82, 2.24) is 9.97 Å². The van der Waals surface area contributed by atoms with Crippen molar-refractivity contribution in [3.05, 3.63) is 64.8 Å². The summed E-state index contributed by atoms with van der Waals surface area (Å²) in [5.74, 6) is 0.781. The minimum Gasteiger partial charge on any atom is -0.494 e. The van der Waals surface area contributed by atoms with Crippen LogP contribution in [0.1, 0.15) is 11.4 Å². The van der Waals surface area contributed by atoms with Crippen LogP contribution in [0.4, 0.5) is 4.39 Å². The highest BCUT2D eigenvalue weighted by Gasteiger charge is 2.10. The minimum absolute atomic E-state index is 0.356. The van der Waals surface area contributed by atoms with E-state index < -0.39 is 0 Å².